The molecule has 10 heteroatoms. The fourth-order valence-electron chi connectivity index (χ4n) is 2.60. The standard InChI is InChI=1S/C19H17F2IN2O5/c1-9-8-28-18-12(9)5-13(19(27)24-29-11(6-25)7-26)17(16(18)21)23-15-3-2-10(22)4-14(15)20/h2-5,8,11,23,25-26H,6-7H2,1H3,(H,24,27). The predicted octanol–water partition coefficient (Wildman–Crippen LogP) is 3.38. The molecule has 3 rings (SSSR count). The topological polar surface area (TPSA) is 104 Å². The average Bonchev–Trinajstić information content (AvgIpc) is 3.07. The van der Waals surface area contributed by atoms with Crippen molar-refractivity contribution in [3.05, 3.63) is 56.9 Å². The summed E-state index contributed by atoms with van der Waals surface area (Å²) in [7, 11) is 0. The van der Waals surface area contributed by atoms with Gasteiger partial charge in [0.25, 0.3) is 5.91 Å². The summed E-state index contributed by atoms with van der Waals surface area (Å²) in [5.41, 5.74) is 2.06. The summed E-state index contributed by atoms with van der Waals surface area (Å²) in [6, 6.07) is 5.68. The number of anilines is 2. The van der Waals surface area contributed by atoms with Crippen LogP contribution in [-0.4, -0.2) is 35.4 Å². The van der Waals surface area contributed by atoms with Gasteiger partial charge in [-0.15, -0.1) is 0 Å². The van der Waals surface area contributed by atoms with E-state index in [-0.39, 0.29) is 22.5 Å². The highest BCUT2D eigenvalue weighted by atomic mass is 127. The third-order valence-electron chi connectivity index (χ3n) is 4.16. The van der Waals surface area contributed by atoms with E-state index in [1.54, 1.807) is 13.0 Å². The second-order valence-corrected chi connectivity index (χ2v) is 7.44. The van der Waals surface area contributed by atoms with Gasteiger partial charge in [0.05, 0.1) is 36.4 Å². The minimum absolute atomic E-state index is 0.0366. The summed E-state index contributed by atoms with van der Waals surface area (Å²) in [5, 5.41) is 21.1. The van der Waals surface area contributed by atoms with Gasteiger partial charge in [-0.25, -0.2) is 14.3 Å². The molecule has 0 aliphatic carbocycles. The fraction of sp³-hybridized carbons (Fsp3) is 0.211. The zero-order valence-corrected chi connectivity index (χ0v) is 17.3. The summed E-state index contributed by atoms with van der Waals surface area (Å²) < 4.78 is 35.3. The molecule has 7 nitrogen and oxygen atoms in total. The van der Waals surface area contributed by atoms with Crippen LogP contribution in [0.2, 0.25) is 0 Å². The van der Waals surface area contributed by atoms with Crippen molar-refractivity contribution in [3.8, 4) is 0 Å². The monoisotopic (exact) mass is 518 g/mol. The van der Waals surface area contributed by atoms with Crippen LogP contribution in [-0.2, 0) is 4.84 Å². The molecule has 1 aromatic heterocycles. The number of carbonyl (C=O) groups is 1. The van der Waals surface area contributed by atoms with Gasteiger partial charge in [-0.1, -0.05) is 0 Å². The molecule has 0 spiro atoms. The van der Waals surface area contributed by atoms with Gasteiger partial charge in [0, 0.05) is 8.96 Å². The molecule has 0 fully saturated rings. The highest BCUT2D eigenvalue weighted by Gasteiger charge is 2.23. The van der Waals surface area contributed by atoms with Crippen molar-refractivity contribution in [2.45, 2.75) is 13.0 Å². The Kier molecular flexibility index (Phi) is 6.67. The summed E-state index contributed by atoms with van der Waals surface area (Å²) in [6.45, 7) is 0.608. The van der Waals surface area contributed by atoms with Crippen LogP contribution in [0.3, 0.4) is 0 Å². The third-order valence-corrected chi connectivity index (χ3v) is 4.83. The lowest BCUT2D eigenvalue weighted by Crippen LogP contribution is -2.34. The van der Waals surface area contributed by atoms with Crippen molar-refractivity contribution >= 4 is 50.8 Å². The molecule has 0 atom stereocenters. The van der Waals surface area contributed by atoms with Crippen LogP contribution >= 0.6 is 22.6 Å². The number of carbonyl (C=O) groups excluding carboxylic acids is 1. The molecular formula is C19H17F2IN2O5. The third kappa shape index (κ3) is 4.50. The first-order valence-corrected chi connectivity index (χ1v) is 9.53. The maximum Gasteiger partial charge on any atom is 0.277 e. The molecule has 0 unspecified atom stereocenters. The van der Waals surface area contributed by atoms with Gasteiger partial charge >= 0.3 is 0 Å². The number of aliphatic hydroxyl groups excluding tert-OH is 2. The van der Waals surface area contributed by atoms with E-state index in [2.05, 4.69) is 10.8 Å². The number of nitrogens with one attached hydrogen (secondary N) is 2. The average molecular weight is 518 g/mol. The number of aryl methyl sites for hydroxylation is 1. The van der Waals surface area contributed by atoms with Gasteiger partial charge in [-0.2, -0.15) is 0 Å². The number of benzene rings is 2. The first kappa shape index (κ1) is 21.4. The molecule has 2 aromatic carbocycles. The van der Waals surface area contributed by atoms with Crippen molar-refractivity contribution in [3.63, 3.8) is 0 Å². The van der Waals surface area contributed by atoms with E-state index in [1.807, 2.05) is 22.6 Å². The molecule has 1 amide bonds. The maximum atomic E-state index is 15.2. The lowest BCUT2D eigenvalue weighted by atomic mass is 10.1. The smallest absolute Gasteiger partial charge is 0.277 e. The Balaban J connectivity index is 2.05. The SMILES string of the molecule is Cc1coc2c(F)c(Nc3ccc(I)cc3F)c(C(=O)NOC(CO)CO)cc12. The zero-order valence-electron chi connectivity index (χ0n) is 15.1. The first-order valence-electron chi connectivity index (χ1n) is 8.45. The Hall–Kier alpha value is -2.28. The van der Waals surface area contributed by atoms with Crippen molar-refractivity contribution in [1.82, 2.24) is 5.48 Å². The van der Waals surface area contributed by atoms with Crippen molar-refractivity contribution < 1.29 is 33.0 Å². The molecule has 0 aliphatic rings. The molecule has 4 N–H and O–H groups in total. The number of fused-ring (bicyclic) bond motifs is 1. The van der Waals surface area contributed by atoms with Gasteiger partial charge in [0.15, 0.2) is 11.4 Å². The zero-order chi connectivity index (χ0) is 21.1. The van der Waals surface area contributed by atoms with E-state index in [0.717, 1.165) is 0 Å². The van der Waals surface area contributed by atoms with E-state index in [4.69, 9.17) is 19.5 Å². The Morgan fingerprint density at radius 1 is 1.28 bits per heavy atom. The highest BCUT2D eigenvalue weighted by Crippen LogP contribution is 2.34. The maximum absolute atomic E-state index is 15.2. The van der Waals surface area contributed by atoms with Crippen LogP contribution in [0.15, 0.2) is 34.9 Å². The number of aliphatic hydroxyl groups is 2. The summed E-state index contributed by atoms with van der Waals surface area (Å²) >= 11 is 1.94. The number of hydroxylamine groups is 1. The van der Waals surface area contributed by atoms with Crippen molar-refractivity contribution in [2.75, 3.05) is 18.5 Å². The van der Waals surface area contributed by atoms with E-state index < -0.39 is 36.9 Å². The molecule has 0 saturated carbocycles. The second kappa shape index (κ2) is 9.03. The Morgan fingerprint density at radius 2 is 2.00 bits per heavy atom. The summed E-state index contributed by atoms with van der Waals surface area (Å²) in [5.74, 6) is -2.36. The molecule has 154 valence electrons. The molecule has 0 radical (unpaired) electrons. The van der Waals surface area contributed by atoms with E-state index in [1.165, 1.54) is 24.5 Å². The van der Waals surface area contributed by atoms with Crippen LogP contribution in [0, 0.1) is 22.1 Å². The molecule has 29 heavy (non-hydrogen) atoms. The minimum atomic E-state index is -1.05. The Bertz CT molecular complexity index is 1050. The number of amides is 1. The van der Waals surface area contributed by atoms with E-state index in [0.29, 0.717) is 14.5 Å². The van der Waals surface area contributed by atoms with E-state index >= 15 is 4.39 Å². The number of rotatable bonds is 7. The predicted molar refractivity (Wildman–Crippen MR) is 110 cm³/mol. The van der Waals surface area contributed by atoms with Crippen LogP contribution in [0.5, 0.6) is 0 Å². The molecular weight excluding hydrogens is 501 g/mol. The lowest BCUT2D eigenvalue weighted by molar-refractivity contribution is -0.0618. The van der Waals surface area contributed by atoms with Crippen LogP contribution in [0.1, 0.15) is 15.9 Å². The number of furan rings is 1. The second-order valence-electron chi connectivity index (χ2n) is 6.19. The Labute approximate surface area is 177 Å². The van der Waals surface area contributed by atoms with E-state index in [9.17, 15) is 9.18 Å². The molecule has 1 heterocycles. The van der Waals surface area contributed by atoms with Gasteiger partial charge in [-0.3, -0.25) is 9.63 Å². The number of halogens is 3. The van der Waals surface area contributed by atoms with Gasteiger partial charge in [0.1, 0.15) is 11.9 Å². The van der Waals surface area contributed by atoms with Crippen molar-refractivity contribution in [1.29, 1.82) is 0 Å². The van der Waals surface area contributed by atoms with Gasteiger partial charge in [0.2, 0.25) is 0 Å². The normalized spacial score (nSPS) is 11.3. The largest absolute Gasteiger partial charge is 0.461 e. The van der Waals surface area contributed by atoms with Crippen LogP contribution in [0.25, 0.3) is 11.0 Å². The highest BCUT2D eigenvalue weighted by molar-refractivity contribution is 14.1. The quantitative estimate of drug-likeness (QED) is 0.283. The first-order chi connectivity index (χ1) is 13.8. The van der Waals surface area contributed by atoms with Gasteiger partial charge in [-0.05, 0) is 59.3 Å². The summed E-state index contributed by atoms with van der Waals surface area (Å²) in [6.07, 6.45) is 0.294. The lowest BCUT2D eigenvalue weighted by Gasteiger charge is -2.16. The molecule has 0 saturated heterocycles. The van der Waals surface area contributed by atoms with Crippen molar-refractivity contribution in [2.24, 2.45) is 0 Å². The molecule has 3 aromatic rings. The van der Waals surface area contributed by atoms with Crippen LogP contribution < -0.4 is 10.8 Å². The molecule has 0 aliphatic heterocycles. The van der Waals surface area contributed by atoms with Gasteiger partial charge < -0.3 is 19.9 Å². The van der Waals surface area contributed by atoms with Crippen LogP contribution in [0.4, 0.5) is 20.2 Å². The number of hydrogen-bond donors (Lipinski definition) is 4. The fourth-order valence-corrected chi connectivity index (χ4v) is 3.06. The number of hydrogen-bond acceptors (Lipinski definition) is 6. The Morgan fingerprint density at radius 3 is 2.66 bits per heavy atom. The molecule has 0 bridgehead atoms. The summed E-state index contributed by atoms with van der Waals surface area (Å²) in [4.78, 5) is 17.5. The minimum Gasteiger partial charge on any atom is -0.461 e.